The van der Waals surface area contributed by atoms with Crippen molar-refractivity contribution in [1.82, 2.24) is 0 Å². The van der Waals surface area contributed by atoms with Crippen molar-refractivity contribution in [1.29, 1.82) is 0 Å². The average Bonchev–Trinajstić information content (AvgIpc) is 2.72. The van der Waals surface area contributed by atoms with Gasteiger partial charge in [-0.2, -0.15) is 0 Å². The lowest BCUT2D eigenvalue weighted by atomic mass is 9.59. The molecular weight excluding hydrogens is 296 g/mol. The van der Waals surface area contributed by atoms with Gasteiger partial charge in [-0.25, -0.2) is 0 Å². The summed E-state index contributed by atoms with van der Waals surface area (Å²) in [4.78, 5) is 12.2. The summed E-state index contributed by atoms with van der Waals surface area (Å²) in [6, 6.07) is 16.6. The molecular formula is C22H24O2. The van der Waals surface area contributed by atoms with Crippen LogP contribution in [0.4, 0.5) is 0 Å². The molecule has 0 bridgehead atoms. The minimum absolute atomic E-state index is 0.0365. The van der Waals surface area contributed by atoms with Crippen LogP contribution >= 0.6 is 0 Å². The predicted molar refractivity (Wildman–Crippen MR) is 95.2 cm³/mol. The van der Waals surface area contributed by atoms with Gasteiger partial charge in [-0.3, -0.25) is 4.79 Å². The summed E-state index contributed by atoms with van der Waals surface area (Å²) in [5, 5.41) is 9.94. The van der Waals surface area contributed by atoms with Crippen LogP contribution in [0.1, 0.15) is 48.8 Å². The number of rotatable bonds is 2. The smallest absolute Gasteiger partial charge is 0.133 e. The number of phenolic OH excluding ortho intramolecular Hbond substituents is 1. The molecule has 124 valence electrons. The fraction of sp³-hybridized carbons (Fsp3) is 0.409. The Morgan fingerprint density at radius 3 is 2.75 bits per heavy atom. The van der Waals surface area contributed by atoms with E-state index in [0.717, 1.165) is 32.1 Å². The molecule has 1 saturated carbocycles. The van der Waals surface area contributed by atoms with Crippen molar-refractivity contribution in [3.8, 4) is 5.75 Å². The third kappa shape index (κ3) is 2.64. The molecule has 2 aromatic carbocycles. The zero-order chi connectivity index (χ0) is 16.6. The maximum Gasteiger partial charge on any atom is 0.133 e. The predicted octanol–water partition coefficient (Wildman–Crippen LogP) is 4.58. The van der Waals surface area contributed by atoms with Gasteiger partial charge in [0.1, 0.15) is 11.5 Å². The third-order valence-corrected chi connectivity index (χ3v) is 6.09. The number of phenols is 1. The van der Waals surface area contributed by atoms with Crippen molar-refractivity contribution in [2.45, 2.75) is 50.4 Å². The molecule has 24 heavy (non-hydrogen) atoms. The van der Waals surface area contributed by atoms with Crippen LogP contribution in [-0.4, -0.2) is 10.9 Å². The van der Waals surface area contributed by atoms with Crippen molar-refractivity contribution in [3.05, 3.63) is 65.2 Å². The van der Waals surface area contributed by atoms with Crippen LogP contribution in [0.2, 0.25) is 0 Å². The van der Waals surface area contributed by atoms with Crippen LogP contribution in [0.25, 0.3) is 0 Å². The second kappa shape index (κ2) is 6.08. The standard InChI is InChI=1S/C22H24O2/c23-19-9-10-21-17(13-19)7-4-8-18-14-20(24)11-12-22(18,21)15-16-5-2-1-3-6-16/h1-3,5-6,9-10,13,18,23H,4,7-8,11-12,14-15H2/t18-,22+/m1/s1. The van der Waals surface area contributed by atoms with Gasteiger partial charge in [-0.1, -0.05) is 36.4 Å². The zero-order valence-corrected chi connectivity index (χ0v) is 14.0. The Hall–Kier alpha value is -2.09. The van der Waals surface area contributed by atoms with Gasteiger partial charge in [-0.05, 0) is 66.8 Å². The molecule has 1 fully saturated rings. The van der Waals surface area contributed by atoms with Crippen molar-refractivity contribution in [3.63, 3.8) is 0 Å². The molecule has 2 aliphatic rings. The normalized spacial score (nSPS) is 26.3. The Morgan fingerprint density at radius 2 is 1.92 bits per heavy atom. The molecule has 0 radical (unpaired) electrons. The van der Waals surface area contributed by atoms with Crippen molar-refractivity contribution in [2.75, 3.05) is 0 Å². The van der Waals surface area contributed by atoms with E-state index in [1.165, 1.54) is 16.7 Å². The first-order chi connectivity index (χ1) is 11.7. The molecule has 0 spiro atoms. The fourth-order valence-electron chi connectivity index (χ4n) is 4.97. The van der Waals surface area contributed by atoms with E-state index in [0.29, 0.717) is 30.3 Å². The highest BCUT2D eigenvalue weighted by Crippen LogP contribution is 2.50. The van der Waals surface area contributed by atoms with E-state index in [1.807, 2.05) is 12.1 Å². The quantitative estimate of drug-likeness (QED) is 0.879. The van der Waals surface area contributed by atoms with Gasteiger partial charge in [0.2, 0.25) is 0 Å². The summed E-state index contributed by atoms with van der Waals surface area (Å²) in [5.74, 6) is 1.20. The van der Waals surface area contributed by atoms with Gasteiger partial charge in [0, 0.05) is 18.3 Å². The Morgan fingerprint density at radius 1 is 1.08 bits per heavy atom. The van der Waals surface area contributed by atoms with Gasteiger partial charge in [0.15, 0.2) is 0 Å². The Balaban J connectivity index is 1.84. The topological polar surface area (TPSA) is 37.3 Å². The molecule has 0 amide bonds. The summed E-state index contributed by atoms with van der Waals surface area (Å²) in [6.07, 6.45) is 6.54. The van der Waals surface area contributed by atoms with Crippen LogP contribution in [0.15, 0.2) is 48.5 Å². The molecule has 2 nitrogen and oxygen atoms in total. The Labute approximate surface area is 143 Å². The molecule has 2 aliphatic carbocycles. The van der Waals surface area contributed by atoms with Crippen LogP contribution < -0.4 is 0 Å². The number of Topliss-reactive ketones (excluding diaryl/α,β-unsaturated/α-hetero) is 1. The van der Waals surface area contributed by atoms with E-state index < -0.39 is 0 Å². The number of hydrogen-bond donors (Lipinski definition) is 1. The second-order valence-corrected chi connectivity index (χ2v) is 7.49. The number of ketones is 1. The molecule has 2 atom stereocenters. The maximum atomic E-state index is 12.2. The summed E-state index contributed by atoms with van der Waals surface area (Å²) >= 11 is 0. The maximum absolute atomic E-state index is 12.2. The van der Waals surface area contributed by atoms with Crippen LogP contribution in [0.5, 0.6) is 5.75 Å². The van der Waals surface area contributed by atoms with E-state index in [1.54, 1.807) is 0 Å². The highest BCUT2D eigenvalue weighted by Gasteiger charge is 2.46. The highest BCUT2D eigenvalue weighted by molar-refractivity contribution is 5.80. The van der Waals surface area contributed by atoms with Gasteiger partial charge in [-0.15, -0.1) is 0 Å². The van der Waals surface area contributed by atoms with Gasteiger partial charge < -0.3 is 5.11 Å². The van der Waals surface area contributed by atoms with E-state index in [4.69, 9.17) is 0 Å². The van der Waals surface area contributed by atoms with Crippen molar-refractivity contribution < 1.29 is 9.90 Å². The average molecular weight is 320 g/mol. The van der Waals surface area contributed by atoms with Crippen molar-refractivity contribution in [2.24, 2.45) is 5.92 Å². The lowest BCUT2D eigenvalue weighted by Gasteiger charge is -2.44. The summed E-state index contributed by atoms with van der Waals surface area (Å²) in [7, 11) is 0. The largest absolute Gasteiger partial charge is 0.508 e. The summed E-state index contributed by atoms with van der Waals surface area (Å²) < 4.78 is 0. The first-order valence-corrected chi connectivity index (χ1v) is 9.05. The number of benzene rings is 2. The first-order valence-electron chi connectivity index (χ1n) is 9.05. The van der Waals surface area contributed by atoms with Crippen molar-refractivity contribution >= 4 is 5.78 Å². The second-order valence-electron chi connectivity index (χ2n) is 7.49. The monoisotopic (exact) mass is 320 g/mol. The zero-order valence-electron chi connectivity index (χ0n) is 14.0. The summed E-state index contributed by atoms with van der Waals surface area (Å²) in [6.45, 7) is 0. The fourth-order valence-corrected chi connectivity index (χ4v) is 4.97. The van der Waals surface area contributed by atoms with Crippen LogP contribution in [0, 0.1) is 5.92 Å². The molecule has 0 unspecified atom stereocenters. The number of aromatic hydroxyl groups is 1. The molecule has 2 aromatic rings. The SMILES string of the molecule is O=C1CC[C@@]2(Cc3ccccc3)c3ccc(O)cc3CCC[C@@H]2C1. The molecule has 0 aromatic heterocycles. The van der Waals surface area contributed by atoms with E-state index in [2.05, 4.69) is 36.4 Å². The molecule has 1 N–H and O–H groups in total. The third-order valence-electron chi connectivity index (χ3n) is 6.09. The minimum Gasteiger partial charge on any atom is -0.508 e. The highest BCUT2D eigenvalue weighted by atomic mass is 16.3. The number of aryl methyl sites for hydroxylation is 1. The Kier molecular flexibility index (Phi) is 3.91. The van der Waals surface area contributed by atoms with E-state index >= 15 is 0 Å². The minimum atomic E-state index is 0.0365. The van der Waals surface area contributed by atoms with Crippen LogP contribution in [-0.2, 0) is 23.1 Å². The van der Waals surface area contributed by atoms with Gasteiger partial charge in [0.25, 0.3) is 0 Å². The van der Waals surface area contributed by atoms with E-state index in [9.17, 15) is 9.90 Å². The number of carbonyl (C=O) groups excluding carboxylic acids is 1. The lowest BCUT2D eigenvalue weighted by Crippen LogP contribution is -2.42. The number of carbonyl (C=O) groups is 1. The number of fused-ring (bicyclic) bond motifs is 3. The van der Waals surface area contributed by atoms with Gasteiger partial charge >= 0.3 is 0 Å². The van der Waals surface area contributed by atoms with E-state index in [-0.39, 0.29) is 5.41 Å². The first kappa shape index (κ1) is 15.4. The molecule has 2 heteroatoms. The van der Waals surface area contributed by atoms with Gasteiger partial charge in [0.05, 0.1) is 0 Å². The molecule has 4 rings (SSSR count). The molecule has 0 aliphatic heterocycles. The Bertz CT molecular complexity index is 750. The number of hydrogen-bond acceptors (Lipinski definition) is 2. The summed E-state index contributed by atoms with van der Waals surface area (Å²) in [5.41, 5.74) is 4.04. The van der Waals surface area contributed by atoms with Crippen LogP contribution in [0.3, 0.4) is 0 Å². The molecule has 0 saturated heterocycles. The lowest BCUT2D eigenvalue weighted by molar-refractivity contribution is -0.123. The molecule has 0 heterocycles.